The Kier molecular flexibility index (Phi) is 65.9. The molecule has 0 radical (unpaired) electrons. The normalized spacial score (nSPS) is 0.750. The zero-order valence-electron chi connectivity index (χ0n) is 5.12. The number of hydrogen-bond acceptors (Lipinski definition) is 1. The molecule has 0 heterocycles. The minimum absolute atomic E-state index is 0. The summed E-state index contributed by atoms with van der Waals surface area (Å²) in [4.78, 5) is 0. The van der Waals surface area contributed by atoms with Crippen LogP contribution < -0.4 is 80.9 Å². The molecule has 4 heteroatoms. The Hall–Kier alpha value is 2.97. The van der Waals surface area contributed by atoms with E-state index in [0.717, 1.165) is 0 Å². The van der Waals surface area contributed by atoms with E-state index in [1.54, 1.807) is 0 Å². The van der Waals surface area contributed by atoms with E-state index in [2.05, 4.69) is 0 Å². The van der Waals surface area contributed by atoms with E-state index in [9.17, 15) is 0 Å². The maximum atomic E-state index is 8.28. The summed E-state index contributed by atoms with van der Waals surface area (Å²) in [6.07, 6.45) is 0. The molecular formula is H3AlKNaO. The van der Waals surface area contributed by atoms with E-state index >= 15 is 0 Å². The predicted molar refractivity (Wildman–Crippen MR) is 10.1 cm³/mol. The van der Waals surface area contributed by atoms with Gasteiger partial charge in [-0.25, -0.2) is 0 Å². The Labute approximate surface area is 101 Å². The quantitative estimate of drug-likeness (QED) is 0.282. The molecule has 0 saturated carbocycles. The summed E-state index contributed by atoms with van der Waals surface area (Å²) in [6, 6.07) is 0. The zero-order chi connectivity index (χ0) is 2.00. The van der Waals surface area contributed by atoms with Crippen LogP contribution >= 0.6 is 0 Å². The van der Waals surface area contributed by atoms with E-state index in [-0.39, 0.29) is 83.8 Å². The fraction of sp³-hybridized carbons (Fsp3) is 0. The van der Waals surface area contributed by atoms with E-state index in [1.165, 1.54) is 0 Å². The van der Waals surface area contributed by atoms with E-state index in [1.807, 2.05) is 0 Å². The first-order chi connectivity index (χ1) is 1.00. The van der Waals surface area contributed by atoms with Crippen molar-refractivity contribution in [2.75, 3.05) is 0 Å². The van der Waals surface area contributed by atoms with Crippen LogP contribution in [0.15, 0.2) is 0 Å². The maximum absolute atomic E-state index is 8.28. The monoisotopic (exact) mass is 108 g/mol. The van der Waals surface area contributed by atoms with Crippen LogP contribution in [-0.2, 0) is 3.80 Å². The van der Waals surface area contributed by atoms with Gasteiger partial charge in [0, 0.05) is 0 Å². The Morgan fingerprint density at radius 1 is 1.50 bits per heavy atom. The molecule has 0 saturated heterocycles. The van der Waals surface area contributed by atoms with Gasteiger partial charge in [0.15, 0.2) is 0 Å². The number of rotatable bonds is 0. The van der Waals surface area contributed by atoms with E-state index < -0.39 is 0 Å². The van der Waals surface area contributed by atoms with Crippen molar-refractivity contribution in [1.29, 1.82) is 0 Å². The Morgan fingerprint density at radius 2 is 1.50 bits per heavy atom. The van der Waals surface area contributed by atoms with E-state index in [0.29, 0.717) is 16.2 Å². The van der Waals surface area contributed by atoms with Crippen LogP contribution in [0.2, 0.25) is 0 Å². The fourth-order valence-electron chi connectivity index (χ4n) is 0. The molecule has 1 nitrogen and oxygen atoms in total. The van der Waals surface area contributed by atoms with Crippen LogP contribution in [0.1, 0.15) is 2.85 Å². The van der Waals surface area contributed by atoms with Gasteiger partial charge in [-0.05, 0) is 0 Å². The standard InChI is InChI=1S/Al.K.Na.O.3H/q;2*+1;;;2*-1. The number of hydrogen-bond donors (Lipinski definition) is 0. The molecule has 0 aliphatic rings. The molecule has 0 spiro atoms. The van der Waals surface area contributed by atoms with Gasteiger partial charge in [-0.1, -0.05) is 0 Å². The molecule has 0 amide bonds. The SMILES string of the molecule is [H-].[H-].[K+].[Na+].[O]=[AlH]. The molecule has 0 aromatic heterocycles. The van der Waals surface area contributed by atoms with Gasteiger partial charge in [0.25, 0.3) is 0 Å². The summed E-state index contributed by atoms with van der Waals surface area (Å²) in [6.45, 7) is 0. The first-order valence-electron chi connectivity index (χ1n) is 0.289. The molecule has 0 rings (SSSR count). The molecule has 0 aromatic rings. The van der Waals surface area contributed by atoms with Gasteiger partial charge in [0.1, 0.15) is 0 Å². The molecule has 0 unspecified atom stereocenters. The Morgan fingerprint density at radius 3 is 1.50 bits per heavy atom. The molecule has 0 bridgehead atoms. The van der Waals surface area contributed by atoms with Crippen molar-refractivity contribution in [2.45, 2.75) is 0 Å². The average molecular weight is 108 g/mol. The molecule has 0 fully saturated rings. The van der Waals surface area contributed by atoms with Gasteiger partial charge in [0.05, 0.1) is 0 Å². The molecular weight excluding hydrogens is 105 g/mol. The van der Waals surface area contributed by atoms with Gasteiger partial charge in [0.2, 0.25) is 0 Å². The van der Waals surface area contributed by atoms with Crippen LogP contribution in [0, 0.1) is 0 Å². The van der Waals surface area contributed by atoms with Crippen molar-refractivity contribution < 1.29 is 87.6 Å². The molecule has 4 heavy (non-hydrogen) atoms. The predicted octanol–water partition coefficient (Wildman–Crippen LogP) is -6.53. The van der Waals surface area contributed by atoms with Crippen molar-refractivity contribution in [3.63, 3.8) is 0 Å². The third-order valence-electron chi connectivity index (χ3n) is 0. The van der Waals surface area contributed by atoms with Crippen LogP contribution in [0.3, 0.4) is 0 Å². The van der Waals surface area contributed by atoms with Gasteiger partial charge >= 0.3 is 101 Å². The zero-order valence-corrected chi connectivity index (χ0v) is 9.65. The summed E-state index contributed by atoms with van der Waals surface area (Å²) < 4.78 is 8.28. The first-order valence-corrected chi connectivity index (χ1v) is 0.866. The molecule has 0 N–H and O–H groups in total. The van der Waals surface area contributed by atoms with Crippen LogP contribution in [0.5, 0.6) is 0 Å². The van der Waals surface area contributed by atoms with Crippen LogP contribution in [0.4, 0.5) is 0 Å². The summed E-state index contributed by atoms with van der Waals surface area (Å²) in [5.74, 6) is 0. The van der Waals surface area contributed by atoms with Crippen molar-refractivity contribution in [3.8, 4) is 0 Å². The molecule has 0 aliphatic heterocycles. The fourth-order valence-corrected chi connectivity index (χ4v) is 0. The van der Waals surface area contributed by atoms with Crippen molar-refractivity contribution in [1.82, 2.24) is 0 Å². The Bertz CT molecular complexity index is 13.5. The molecule has 0 aromatic carbocycles. The second-order valence-electron chi connectivity index (χ2n) is 0. The van der Waals surface area contributed by atoms with Gasteiger partial charge < -0.3 is 2.85 Å². The van der Waals surface area contributed by atoms with Crippen molar-refractivity contribution >= 4 is 16.2 Å². The second kappa shape index (κ2) is 16.7. The third kappa shape index (κ3) is 8.88. The van der Waals surface area contributed by atoms with Crippen molar-refractivity contribution in [3.05, 3.63) is 0 Å². The first kappa shape index (κ1) is 15.8. The van der Waals surface area contributed by atoms with Gasteiger partial charge in [-0.15, -0.1) is 0 Å². The van der Waals surface area contributed by atoms with E-state index in [4.69, 9.17) is 3.80 Å². The third-order valence-corrected chi connectivity index (χ3v) is 0. The average Bonchev–Trinajstić information content (AvgIpc) is 1.00. The van der Waals surface area contributed by atoms with Crippen molar-refractivity contribution in [2.24, 2.45) is 0 Å². The van der Waals surface area contributed by atoms with Gasteiger partial charge in [-0.3, -0.25) is 0 Å². The summed E-state index contributed by atoms with van der Waals surface area (Å²) in [5.41, 5.74) is 0. The molecule has 14 valence electrons. The molecule has 0 atom stereocenters. The summed E-state index contributed by atoms with van der Waals surface area (Å²) in [7, 11) is 0. The van der Waals surface area contributed by atoms with Crippen LogP contribution in [0.25, 0.3) is 0 Å². The topological polar surface area (TPSA) is 17.1 Å². The Balaban J connectivity index is -0.000000000833. The van der Waals surface area contributed by atoms with Gasteiger partial charge in [-0.2, -0.15) is 0 Å². The second-order valence-corrected chi connectivity index (χ2v) is 0. The minimum atomic E-state index is 0. The summed E-state index contributed by atoms with van der Waals surface area (Å²) >= 11 is 0.611. The van der Waals surface area contributed by atoms with Crippen LogP contribution in [-0.4, -0.2) is 16.2 Å². The molecule has 0 aliphatic carbocycles. The summed E-state index contributed by atoms with van der Waals surface area (Å²) in [5, 5.41) is 0.